The Bertz CT molecular complexity index is 427. The standard InChI is InChI=1S/C13H21NO5S2/c1-3-9-6-7-11(21(18)19-9)14-12(15)10(13(16)17)5-4-8-20-2/h4,8-11H,3,5-7H2,1-2H3,(H,14,15)(H,16,17)/b8-4-. The number of nitrogens with one attached hydrogen (secondary N) is 1. The molecule has 2 N–H and O–H groups in total. The molecule has 4 unspecified atom stereocenters. The fourth-order valence-electron chi connectivity index (χ4n) is 1.94. The highest BCUT2D eigenvalue weighted by Gasteiger charge is 2.32. The van der Waals surface area contributed by atoms with Crippen molar-refractivity contribution in [3.63, 3.8) is 0 Å². The maximum Gasteiger partial charge on any atom is 0.316 e. The van der Waals surface area contributed by atoms with Crippen molar-refractivity contribution in [2.45, 2.75) is 44.1 Å². The molecule has 120 valence electrons. The van der Waals surface area contributed by atoms with Gasteiger partial charge in [0, 0.05) is 0 Å². The molecule has 1 fully saturated rings. The summed E-state index contributed by atoms with van der Waals surface area (Å²) in [6, 6.07) is 0. The second kappa shape index (κ2) is 9.22. The summed E-state index contributed by atoms with van der Waals surface area (Å²) in [6.45, 7) is 1.94. The third kappa shape index (κ3) is 5.80. The number of allylic oxidation sites excluding steroid dienone is 1. The van der Waals surface area contributed by atoms with Crippen molar-refractivity contribution < 1.29 is 23.1 Å². The first-order valence-corrected chi connectivity index (χ1v) is 9.20. The van der Waals surface area contributed by atoms with Gasteiger partial charge in [0.25, 0.3) is 0 Å². The van der Waals surface area contributed by atoms with Gasteiger partial charge in [-0.3, -0.25) is 13.8 Å². The van der Waals surface area contributed by atoms with E-state index in [1.54, 1.807) is 11.5 Å². The van der Waals surface area contributed by atoms with Gasteiger partial charge >= 0.3 is 5.97 Å². The topological polar surface area (TPSA) is 92.7 Å². The van der Waals surface area contributed by atoms with E-state index in [1.807, 2.05) is 13.2 Å². The quantitative estimate of drug-likeness (QED) is 0.687. The van der Waals surface area contributed by atoms with Crippen LogP contribution in [0.1, 0.15) is 32.6 Å². The zero-order chi connectivity index (χ0) is 15.8. The summed E-state index contributed by atoms with van der Waals surface area (Å²) in [7, 11) is 0. The molecule has 1 amide bonds. The van der Waals surface area contributed by atoms with E-state index in [-0.39, 0.29) is 12.5 Å². The highest BCUT2D eigenvalue weighted by molar-refractivity contribution is 8.01. The van der Waals surface area contributed by atoms with E-state index in [0.29, 0.717) is 12.8 Å². The van der Waals surface area contributed by atoms with E-state index in [1.165, 1.54) is 11.8 Å². The summed E-state index contributed by atoms with van der Waals surface area (Å²) < 4.78 is 17.1. The van der Waals surface area contributed by atoms with Crippen LogP contribution in [-0.2, 0) is 24.9 Å². The Morgan fingerprint density at radius 2 is 2.24 bits per heavy atom. The summed E-state index contributed by atoms with van der Waals surface area (Å²) in [6.07, 6.45) is 5.55. The van der Waals surface area contributed by atoms with Crippen LogP contribution >= 0.6 is 11.8 Å². The highest BCUT2D eigenvalue weighted by atomic mass is 32.2. The molecule has 8 heteroatoms. The first-order chi connectivity index (χ1) is 9.99. The lowest BCUT2D eigenvalue weighted by atomic mass is 10.0. The number of rotatable bonds is 7. The van der Waals surface area contributed by atoms with Crippen LogP contribution in [0.3, 0.4) is 0 Å². The molecular weight excluding hydrogens is 314 g/mol. The van der Waals surface area contributed by atoms with E-state index in [4.69, 9.17) is 9.29 Å². The first kappa shape index (κ1) is 18.2. The van der Waals surface area contributed by atoms with Gasteiger partial charge in [-0.15, -0.1) is 11.8 Å². The van der Waals surface area contributed by atoms with Gasteiger partial charge < -0.3 is 10.4 Å². The van der Waals surface area contributed by atoms with E-state index in [0.717, 1.165) is 6.42 Å². The van der Waals surface area contributed by atoms with E-state index >= 15 is 0 Å². The SMILES string of the molecule is CCC1CCC(NC(=O)C(C/C=C\SC)C(=O)O)S(=O)O1. The number of carboxylic acids is 1. The number of carbonyl (C=O) groups excluding carboxylic acids is 1. The molecule has 0 bridgehead atoms. The van der Waals surface area contributed by atoms with Crippen LogP contribution in [-0.4, -0.2) is 38.9 Å². The summed E-state index contributed by atoms with van der Waals surface area (Å²) in [5, 5.41) is 12.7. The third-order valence-electron chi connectivity index (χ3n) is 3.19. The molecule has 1 rings (SSSR count). The minimum absolute atomic E-state index is 0.0567. The minimum Gasteiger partial charge on any atom is -0.481 e. The lowest BCUT2D eigenvalue weighted by Crippen LogP contribution is -2.46. The molecule has 0 radical (unpaired) electrons. The number of carboxylic acid groups (broad SMARTS) is 1. The average Bonchev–Trinajstić information content (AvgIpc) is 2.45. The predicted octanol–water partition coefficient (Wildman–Crippen LogP) is 1.65. The van der Waals surface area contributed by atoms with Gasteiger partial charge in [0.15, 0.2) is 11.1 Å². The summed E-state index contributed by atoms with van der Waals surface area (Å²) in [4.78, 5) is 23.2. The first-order valence-electron chi connectivity index (χ1n) is 6.78. The second-order valence-electron chi connectivity index (χ2n) is 4.70. The van der Waals surface area contributed by atoms with Gasteiger partial charge in [-0.2, -0.15) is 0 Å². The smallest absolute Gasteiger partial charge is 0.316 e. The van der Waals surface area contributed by atoms with Gasteiger partial charge in [-0.1, -0.05) is 13.0 Å². The number of aliphatic carboxylic acids is 1. The monoisotopic (exact) mass is 335 g/mol. The molecule has 0 spiro atoms. The van der Waals surface area contributed by atoms with Crippen LogP contribution in [0.2, 0.25) is 0 Å². The largest absolute Gasteiger partial charge is 0.481 e. The fraction of sp³-hybridized carbons (Fsp3) is 0.692. The van der Waals surface area contributed by atoms with Crippen molar-refractivity contribution in [1.29, 1.82) is 0 Å². The molecule has 1 aliphatic rings. The molecule has 1 aliphatic heterocycles. The van der Waals surface area contributed by atoms with Gasteiger partial charge in [-0.25, -0.2) is 4.21 Å². The van der Waals surface area contributed by atoms with Crippen molar-refractivity contribution in [1.82, 2.24) is 5.32 Å². The maximum atomic E-state index is 12.0. The van der Waals surface area contributed by atoms with Gasteiger partial charge in [0.1, 0.15) is 11.3 Å². The predicted molar refractivity (Wildman–Crippen MR) is 82.9 cm³/mol. The number of carbonyl (C=O) groups is 2. The van der Waals surface area contributed by atoms with Crippen LogP contribution in [0.4, 0.5) is 0 Å². The number of thioether (sulfide) groups is 1. The second-order valence-corrected chi connectivity index (χ2v) is 6.72. The Morgan fingerprint density at radius 1 is 1.52 bits per heavy atom. The molecule has 0 aromatic carbocycles. The molecule has 0 saturated carbocycles. The normalized spacial score (nSPS) is 27.4. The zero-order valence-corrected chi connectivity index (χ0v) is 13.7. The van der Waals surface area contributed by atoms with Crippen LogP contribution in [0.15, 0.2) is 11.5 Å². The summed E-state index contributed by atoms with van der Waals surface area (Å²) in [5.41, 5.74) is 0. The van der Waals surface area contributed by atoms with Crippen LogP contribution < -0.4 is 5.32 Å². The van der Waals surface area contributed by atoms with Crippen LogP contribution in [0.25, 0.3) is 0 Å². The van der Waals surface area contributed by atoms with Gasteiger partial charge in [0.05, 0.1) is 6.10 Å². The van der Waals surface area contributed by atoms with E-state index < -0.39 is 34.2 Å². The van der Waals surface area contributed by atoms with E-state index in [9.17, 15) is 13.8 Å². The Balaban J connectivity index is 2.59. The van der Waals surface area contributed by atoms with Crippen molar-refractivity contribution >= 4 is 34.7 Å². The number of hydrogen-bond donors (Lipinski definition) is 2. The molecule has 6 nitrogen and oxygen atoms in total. The van der Waals surface area contributed by atoms with E-state index in [2.05, 4.69) is 5.32 Å². The average molecular weight is 335 g/mol. The fourth-order valence-corrected chi connectivity index (χ4v) is 3.42. The lowest BCUT2D eigenvalue weighted by molar-refractivity contribution is -0.146. The molecule has 4 atom stereocenters. The van der Waals surface area contributed by atoms with Crippen molar-refractivity contribution in [3.05, 3.63) is 11.5 Å². The maximum absolute atomic E-state index is 12.0. The lowest BCUT2D eigenvalue weighted by Gasteiger charge is -2.28. The molecule has 21 heavy (non-hydrogen) atoms. The number of hydrogen-bond acceptors (Lipinski definition) is 5. The third-order valence-corrected chi connectivity index (χ3v) is 4.94. The Kier molecular flexibility index (Phi) is 7.98. The Labute approximate surface area is 131 Å². The van der Waals surface area contributed by atoms with Crippen LogP contribution in [0, 0.1) is 5.92 Å². The highest BCUT2D eigenvalue weighted by Crippen LogP contribution is 2.21. The molecule has 1 heterocycles. The van der Waals surface area contributed by atoms with Crippen molar-refractivity contribution in [2.24, 2.45) is 5.92 Å². The Morgan fingerprint density at radius 3 is 2.76 bits per heavy atom. The molecular formula is C13H21NO5S2. The summed E-state index contributed by atoms with van der Waals surface area (Å²) >= 11 is -0.181. The Hall–Kier alpha value is -0.860. The molecule has 0 aromatic heterocycles. The van der Waals surface area contributed by atoms with Crippen LogP contribution in [0.5, 0.6) is 0 Å². The molecule has 0 aromatic rings. The zero-order valence-electron chi connectivity index (χ0n) is 12.1. The van der Waals surface area contributed by atoms with Crippen molar-refractivity contribution in [2.75, 3.05) is 6.26 Å². The minimum atomic E-state index is -1.61. The van der Waals surface area contributed by atoms with Crippen molar-refractivity contribution in [3.8, 4) is 0 Å². The summed E-state index contributed by atoms with van der Waals surface area (Å²) in [5.74, 6) is -2.98. The molecule has 1 saturated heterocycles. The number of amides is 1. The van der Waals surface area contributed by atoms with Gasteiger partial charge in [-0.05, 0) is 37.3 Å². The van der Waals surface area contributed by atoms with Gasteiger partial charge in [0.2, 0.25) is 5.91 Å². The molecule has 0 aliphatic carbocycles.